The second-order valence-corrected chi connectivity index (χ2v) is 6.02. The Morgan fingerprint density at radius 1 is 1.33 bits per heavy atom. The first kappa shape index (κ1) is 13.9. The smallest absolute Gasteiger partial charge is 0.0462 e. The zero-order valence-corrected chi connectivity index (χ0v) is 12.0. The summed E-state index contributed by atoms with van der Waals surface area (Å²) in [7, 11) is 1.77. The Morgan fingerprint density at radius 2 is 2.22 bits per heavy atom. The van der Waals surface area contributed by atoms with Crippen molar-refractivity contribution < 1.29 is 4.74 Å². The van der Waals surface area contributed by atoms with E-state index in [2.05, 4.69) is 29.6 Å². The van der Waals surface area contributed by atoms with Crippen molar-refractivity contribution in [2.24, 2.45) is 0 Å². The van der Waals surface area contributed by atoms with Crippen molar-refractivity contribution in [1.29, 1.82) is 0 Å². The first-order chi connectivity index (χ1) is 8.88. The van der Waals surface area contributed by atoms with Gasteiger partial charge in [0.25, 0.3) is 0 Å². The fraction of sp³-hybridized carbons (Fsp3) is 0.600. The molecule has 0 unspecified atom stereocenters. The van der Waals surface area contributed by atoms with Gasteiger partial charge in [-0.15, -0.1) is 11.8 Å². The average molecular weight is 265 g/mol. The van der Waals surface area contributed by atoms with Crippen molar-refractivity contribution in [3.63, 3.8) is 0 Å². The van der Waals surface area contributed by atoms with Crippen LogP contribution in [0.25, 0.3) is 0 Å². The fourth-order valence-corrected chi connectivity index (χ4v) is 2.83. The number of thioether (sulfide) groups is 1. The Hall–Kier alpha value is -0.510. The van der Waals surface area contributed by atoms with Gasteiger partial charge in [0, 0.05) is 31.2 Å². The first-order valence-electron chi connectivity index (χ1n) is 6.82. The molecule has 0 aliphatic heterocycles. The Kier molecular flexibility index (Phi) is 6.05. The molecule has 3 heteroatoms. The molecule has 0 amide bonds. The Balaban J connectivity index is 1.68. The Morgan fingerprint density at radius 3 is 3.00 bits per heavy atom. The van der Waals surface area contributed by atoms with E-state index in [9.17, 15) is 0 Å². The van der Waals surface area contributed by atoms with Gasteiger partial charge >= 0.3 is 0 Å². The second kappa shape index (κ2) is 7.82. The molecule has 0 heterocycles. The Labute approximate surface area is 114 Å². The van der Waals surface area contributed by atoms with Crippen LogP contribution < -0.4 is 5.32 Å². The molecule has 0 saturated heterocycles. The summed E-state index contributed by atoms with van der Waals surface area (Å²) in [6, 6.07) is 9.69. The van der Waals surface area contributed by atoms with Crippen molar-refractivity contribution in [1.82, 2.24) is 5.32 Å². The molecule has 1 N–H and O–H groups in total. The van der Waals surface area contributed by atoms with E-state index >= 15 is 0 Å². The first-order valence-corrected chi connectivity index (χ1v) is 7.81. The molecule has 0 aromatic heterocycles. The largest absolute Gasteiger partial charge is 0.385 e. The van der Waals surface area contributed by atoms with Gasteiger partial charge in [0.2, 0.25) is 0 Å². The van der Waals surface area contributed by atoms with Gasteiger partial charge in [-0.2, -0.15) is 0 Å². The third-order valence-corrected chi connectivity index (χ3v) is 4.16. The summed E-state index contributed by atoms with van der Waals surface area (Å²) >= 11 is 1.95. The van der Waals surface area contributed by atoms with Gasteiger partial charge in [-0.25, -0.2) is 0 Å². The monoisotopic (exact) mass is 265 g/mol. The van der Waals surface area contributed by atoms with Crippen LogP contribution in [0.1, 0.15) is 31.2 Å². The van der Waals surface area contributed by atoms with E-state index in [0.717, 1.165) is 25.6 Å². The number of rotatable bonds is 9. The molecular weight excluding hydrogens is 242 g/mol. The maximum Gasteiger partial charge on any atom is 0.0462 e. The molecule has 18 heavy (non-hydrogen) atoms. The van der Waals surface area contributed by atoms with Crippen LogP contribution in [0, 0.1) is 0 Å². The topological polar surface area (TPSA) is 21.3 Å². The zero-order valence-electron chi connectivity index (χ0n) is 11.2. The van der Waals surface area contributed by atoms with E-state index < -0.39 is 0 Å². The third-order valence-electron chi connectivity index (χ3n) is 3.08. The van der Waals surface area contributed by atoms with Crippen LogP contribution in [-0.2, 0) is 11.3 Å². The minimum atomic E-state index is 0.787. The summed E-state index contributed by atoms with van der Waals surface area (Å²) in [5.74, 6) is 1.18. The average Bonchev–Trinajstić information content (AvgIpc) is 3.21. The van der Waals surface area contributed by atoms with Gasteiger partial charge in [0.1, 0.15) is 0 Å². The predicted molar refractivity (Wildman–Crippen MR) is 78.1 cm³/mol. The van der Waals surface area contributed by atoms with E-state index in [4.69, 9.17) is 4.74 Å². The minimum absolute atomic E-state index is 0.787. The van der Waals surface area contributed by atoms with E-state index in [1.54, 1.807) is 7.11 Å². The molecule has 0 spiro atoms. The lowest BCUT2D eigenvalue weighted by Gasteiger charge is -2.06. The van der Waals surface area contributed by atoms with Crippen LogP contribution in [0.3, 0.4) is 0 Å². The number of ether oxygens (including phenoxy) is 1. The molecule has 0 atom stereocenters. The van der Waals surface area contributed by atoms with Crippen LogP contribution in [0.15, 0.2) is 29.2 Å². The second-order valence-electron chi connectivity index (χ2n) is 4.85. The number of unbranched alkanes of at least 4 members (excludes halogenated alkanes) is 1. The lowest BCUT2D eigenvalue weighted by molar-refractivity contribution is 0.194. The summed E-state index contributed by atoms with van der Waals surface area (Å²) in [5.41, 5.74) is 1.41. The highest BCUT2D eigenvalue weighted by Crippen LogP contribution is 2.22. The van der Waals surface area contributed by atoms with Crippen molar-refractivity contribution in [2.45, 2.75) is 43.2 Å². The van der Waals surface area contributed by atoms with E-state index in [1.807, 2.05) is 11.8 Å². The van der Waals surface area contributed by atoms with Gasteiger partial charge < -0.3 is 10.1 Å². The highest BCUT2D eigenvalue weighted by Gasteiger charge is 2.19. The predicted octanol–water partition coefficient (Wildman–Crippen LogP) is 3.46. The van der Waals surface area contributed by atoms with Gasteiger partial charge in [-0.1, -0.05) is 12.1 Å². The molecule has 0 bridgehead atoms. The summed E-state index contributed by atoms with van der Waals surface area (Å²) < 4.78 is 5.06. The normalized spacial score (nSPS) is 14.9. The third kappa shape index (κ3) is 5.42. The van der Waals surface area contributed by atoms with E-state index in [-0.39, 0.29) is 0 Å². The number of hydrogen-bond acceptors (Lipinski definition) is 3. The zero-order chi connectivity index (χ0) is 12.6. The van der Waals surface area contributed by atoms with Crippen molar-refractivity contribution in [3.8, 4) is 0 Å². The summed E-state index contributed by atoms with van der Waals surface area (Å²) in [5, 5.41) is 3.56. The summed E-state index contributed by atoms with van der Waals surface area (Å²) in [4.78, 5) is 1.39. The molecular formula is C15H23NOS. The highest BCUT2D eigenvalue weighted by atomic mass is 32.2. The van der Waals surface area contributed by atoms with Crippen LogP contribution in [0.4, 0.5) is 0 Å². The van der Waals surface area contributed by atoms with E-state index in [0.29, 0.717) is 0 Å². The van der Waals surface area contributed by atoms with Crippen LogP contribution in [0.2, 0.25) is 0 Å². The quantitative estimate of drug-likeness (QED) is 0.546. The van der Waals surface area contributed by atoms with Gasteiger partial charge in [-0.3, -0.25) is 0 Å². The molecule has 1 aliphatic rings. The highest BCUT2D eigenvalue weighted by molar-refractivity contribution is 7.99. The lowest BCUT2D eigenvalue weighted by Crippen LogP contribution is -2.15. The standard InChI is InChI=1S/C15H23NOS/c1-17-9-2-3-10-18-15-6-4-5-13(11-15)12-16-14-7-8-14/h4-6,11,14,16H,2-3,7-10,12H2,1H3. The maximum absolute atomic E-state index is 5.06. The number of benzene rings is 1. The molecule has 1 fully saturated rings. The van der Waals surface area contributed by atoms with Gasteiger partial charge in [-0.05, 0) is 49.1 Å². The number of hydrogen-bond donors (Lipinski definition) is 1. The number of nitrogens with one attached hydrogen (secondary N) is 1. The van der Waals surface area contributed by atoms with Crippen molar-refractivity contribution >= 4 is 11.8 Å². The Bertz CT molecular complexity index is 352. The molecule has 1 saturated carbocycles. The molecule has 1 aromatic rings. The lowest BCUT2D eigenvalue weighted by atomic mass is 10.2. The van der Waals surface area contributed by atoms with E-state index in [1.165, 1.54) is 35.5 Å². The SMILES string of the molecule is COCCCCSc1cccc(CNC2CC2)c1. The van der Waals surface area contributed by atoms with Crippen LogP contribution >= 0.6 is 11.8 Å². The summed E-state index contributed by atoms with van der Waals surface area (Å²) in [6.07, 6.45) is 5.09. The molecule has 100 valence electrons. The van der Waals surface area contributed by atoms with Crippen LogP contribution in [-0.4, -0.2) is 25.5 Å². The molecule has 1 aliphatic carbocycles. The van der Waals surface area contributed by atoms with Gasteiger partial charge in [0.05, 0.1) is 0 Å². The molecule has 1 aromatic carbocycles. The molecule has 2 nitrogen and oxygen atoms in total. The fourth-order valence-electron chi connectivity index (χ4n) is 1.83. The van der Waals surface area contributed by atoms with Crippen molar-refractivity contribution in [2.75, 3.05) is 19.5 Å². The summed E-state index contributed by atoms with van der Waals surface area (Å²) in [6.45, 7) is 1.90. The maximum atomic E-state index is 5.06. The minimum Gasteiger partial charge on any atom is -0.385 e. The molecule has 0 radical (unpaired) electrons. The van der Waals surface area contributed by atoms with Gasteiger partial charge in [0.15, 0.2) is 0 Å². The van der Waals surface area contributed by atoms with Crippen LogP contribution in [0.5, 0.6) is 0 Å². The molecule has 2 rings (SSSR count). The van der Waals surface area contributed by atoms with Crippen molar-refractivity contribution in [3.05, 3.63) is 29.8 Å². The number of methoxy groups -OCH3 is 1.